The summed E-state index contributed by atoms with van der Waals surface area (Å²) >= 11 is 0. The van der Waals surface area contributed by atoms with E-state index in [1.807, 2.05) is 0 Å². The molecule has 2 fully saturated rings. The Hall–Kier alpha value is -1.39. The van der Waals surface area contributed by atoms with E-state index in [4.69, 9.17) is 0 Å². The van der Waals surface area contributed by atoms with Gasteiger partial charge in [0.2, 0.25) is 0 Å². The summed E-state index contributed by atoms with van der Waals surface area (Å²) in [5.41, 5.74) is -0.0427. The Morgan fingerprint density at radius 3 is 1.73 bits per heavy atom. The minimum atomic E-state index is -4.59. The third-order valence-electron chi connectivity index (χ3n) is 8.02. The van der Waals surface area contributed by atoms with Crippen LogP contribution in [0.3, 0.4) is 0 Å². The summed E-state index contributed by atoms with van der Waals surface area (Å²) in [5.74, 6) is 0.748. The predicted molar refractivity (Wildman–Crippen MR) is 125 cm³/mol. The van der Waals surface area contributed by atoms with Crippen molar-refractivity contribution >= 4 is 6.08 Å². The van der Waals surface area contributed by atoms with Gasteiger partial charge >= 0.3 is 6.18 Å². The number of allylic oxidation sites excluding steroid dienone is 1. The third kappa shape index (κ3) is 8.40. The van der Waals surface area contributed by atoms with Crippen LogP contribution < -0.4 is 0 Å². The molecule has 0 radical (unpaired) electrons. The maximum atomic E-state index is 14.3. The van der Waals surface area contributed by atoms with E-state index in [9.17, 15) is 22.0 Å². The van der Waals surface area contributed by atoms with Crippen molar-refractivity contribution in [2.75, 3.05) is 0 Å². The standard InChI is InChI=1S/C28H39F5/c1-2-3-4-5-20-6-8-21(9-7-20)10-11-22-12-14-23(15-13-22)24-18-26(29)25(27(30)19-24)16-17-28(31,32)33/h16-23H,2-15H2,1H3/b17-16+. The largest absolute Gasteiger partial charge is 0.409 e. The normalized spacial score (nSPS) is 26.7. The van der Waals surface area contributed by atoms with E-state index in [1.165, 1.54) is 76.3 Å². The Labute approximate surface area is 196 Å². The van der Waals surface area contributed by atoms with E-state index in [0.29, 0.717) is 17.6 Å². The molecule has 0 heterocycles. The fourth-order valence-corrected chi connectivity index (χ4v) is 5.92. The average molecular weight is 471 g/mol. The lowest BCUT2D eigenvalue weighted by Gasteiger charge is -2.32. The number of rotatable bonds is 9. The van der Waals surface area contributed by atoms with Gasteiger partial charge < -0.3 is 0 Å². The Balaban J connectivity index is 1.42. The minimum absolute atomic E-state index is 0.0875. The second kappa shape index (κ2) is 12.4. The van der Waals surface area contributed by atoms with Gasteiger partial charge in [-0.3, -0.25) is 0 Å². The second-order valence-electron chi connectivity index (χ2n) is 10.5. The second-order valence-corrected chi connectivity index (χ2v) is 10.5. The van der Waals surface area contributed by atoms with E-state index in [0.717, 1.165) is 37.5 Å². The summed E-state index contributed by atoms with van der Waals surface area (Å²) in [6.07, 6.45) is 13.2. The lowest BCUT2D eigenvalue weighted by Crippen LogP contribution is -2.18. The van der Waals surface area contributed by atoms with Gasteiger partial charge in [-0.2, -0.15) is 13.2 Å². The molecule has 0 saturated heterocycles. The molecule has 186 valence electrons. The van der Waals surface area contributed by atoms with Crippen LogP contribution in [0, 0.1) is 29.4 Å². The van der Waals surface area contributed by atoms with Gasteiger partial charge in [0.15, 0.2) is 0 Å². The lowest BCUT2D eigenvalue weighted by molar-refractivity contribution is -0.0790. The first kappa shape index (κ1) is 26.2. The molecule has 0 atom stereocenters. The quantitative estimate of drug-likeness (QED) is 0.249. The monoisotopic (exact) mass is 470 g/mol. The van der Waals surface area contributed by atoms with E-state index in [2.05, 4.69) is 6.92 Å². The molecule has 33 heavy (non-hydrogen) atoms. The smallest absolute Gasteiger partial charge is 0.206 e. The number of hydrogen-bond donors (Lipinski definition) is 0. The molecule has 0 spiro atoms. The van der Waals surface area contributed by atoms with Gasteiger partial charge in [0.1, 0.15) is 11.6 Å². The van der Waals surface area contributed by atoms with Gasteiger partial charge in [-0.15, -0.1) is 0 Å². The van der Waals surface area contributed by atoms with Crippen molar-refractivity contribution in [3.63, 3.8) is 0 Å². The molecule has 2 aliphatic rings. The fraction of sp³-hybridized carbons (Fsp3) is 0.714. The fourth-order valence-electron chi connectivity index (χ4n) is 5.92. The van der Waals surface area contributed by atoms with E-state index in [1.54, 1.807) is 0 Å². The Bertz CT molecular complexity index is 727. The molecule has 3 rings (SSSR count). The molecule has 1 aromatic carbocycles. The van der Waals surface area contributed by atoms with Crippen LogP contribution in [-0.4, -0.2) is 6.18 Å². The van der Waals surface area contributed by atoms with Crippen LogP contribution in [0.5, 0.6) is 0 Å². The molecule has 2 saturated carbocycles. The topological polar surface area (TPSA) is 0 Å². The molecule has 0 aromatic heterocycles. The van der Waals surface area contributed by atoms with Gasteiger partial charge in [-0.05, 0) is 73.1 Å². The van der Waals surface area contributed by atoms with Gasteiger partial charge in [-0.1, -0.05) is 71.1 Å². The van der Waals surface area contributed by atoms with Crippen LogP contribution in [0.4, 0.5) is 22.0 Å². The van der Waals surface area contributed by atoms with Gasteiger partial charge in [0.25, 0.3) is 0 Å². The van der Waals surface area contributed by atoms with Gasteiger partial charge in [-0.25, -0.2) is 8.78 Å². The number of halogens is 5. The van der Waals surface area contributed by atoms with Crippen molar-refractivity contribution in [3.8, 4) is 0 Å². The van der Waals surface area contributed by atoms with Crippen molar-refractivity contribution in [1.82, 2.24) is 0 Å². The number of hydrogen-bond acceptors (Lipinski definition) is 0. The summed E-state index contributed by atoms with van der Waals surface area (Å²) in [6, 6.07) is 2.45. The highest BCUT2D eigenvalue weighted by Crippen LogP contribution is 2.41. The van der Waals surface area contributed by atoms with E-state index >= 15 is 0 Å². The molecule has 0 unspecified atom stereocenters. The molecule has 1 aromatic rings. The zero-order chi connectivity index (χ0) is 23.8. The van der Waals surface area contributed by atoms with E-state index in [-0.39, 0.29) is 12.0 Å². The number of unbranched alkanes of at least 4 members (excludes halogenated alkanes) is 2. The summed E-state index contributed by atoms with van der Waals surface area (Å²) in [4.78, 5) is 0. The first-order valence-corrected chi connectivity index (χ1v) is 13.0. The third-order valence-corrected chi connectivity index (χ3v) is 8.02. The summed E-state index contributed by atoms with van der Waals surface area (Å²) in [5, 5.41) is 0. The molecule has 5 heteroatoms. The molecule has 0 amide bonds. The van der Waals surface area contributed by atoms with Crippen molar-refractivity contribution in [3.05, 3.63) is 41.0 Å². The van der Waals surface area contributed by atoms with Crippen LogP contribution >= 0.6 is 0 Å². The van der Waals surface area contributed by atoms with Crippen molar-refractivity contribution in [2.24, 2.45) is 17.8 Å². The first-order chi connectivity index (χ1) is 15.7. The van der Waals surface area contributed by atoms with Crippen molar-refractivity contribution in [1.29, 1.82) is 0 Å². The molecule has 0 nitrogen and oxygen atoms in total. The van der Waals surface area contributed by atoms with Crippen LogP contribution in [0.15, 0.2) is 18.2 Å². The average Bonchev–Trinajstić information content (AvgIpc) is 2.78. The molecule has 0 aliphatic heterocycles. The first-order valence-electron chi connectivity index (χ1n) is 13.0. The number of alkyl halides is 3. The molecule has 2 aliphatic carbocycles. The Morgan fingerprint density at radius 2 is 1.24 bits per heavy atom. The minimum Gasteiger partial charge on any atom is -0.206 e. The van der Waals surface area contributed by atoms with Crippen LogP contribution in [0.1, 0.15) is 114 Å². The molecule has 0 bridgehead atoms. The van der Waals surface area contributed by atoms with Crippen LogP contribution in [0.2, 0.25) is 0 Å². The summed E-state index contributed by atoms with van der Waals surface area (Å²) in [6.45, 7) is 2.26. The molecule has 0 N–H and O–H groups in total. The highest BCUT2D eigenvalue weighted by molar-refractivity contribution is 5.52. The summed E-state index contributed by atoms with van der Waals surface area (Å²) in [7, 11) is 0. The van der Waals surface area contributed by atoms with Crippen molar-refractivity contribution < 1.29 is 22.0 Å². The van der Waals surface area contributed by atoms with Crippen LogP contribution in [-0.2, 0) is 0 Å². The maximum absolute atomic E-state index is 14.3. The molecular weight excluding hydrogens is 431 g/mol. The van der Waals surface area contributed by atoms with Crippen molar-refractivity contribution in [2.45, 2.75) is 109 Å². The highest BCUT2D eigenvalue weighted by Gasteiger charge is 2.27. The zero-order valence-electron chi connectivity index (χ0n) is 19.9. The SMILES string of the molecule is CCCCCC1CCC(CCC2CCC(c3cc(F)c(/C=C/C(F)(F)F)c(F)c3)CC2)CC1. The number of benzene rings is 1. The molecular formula is C28H39F5. The Kier molecular flexibility index (Phi) is 9.81. The maximum Gasteiger partial charge on any atom is 0.409 e. The highest BCUT2D eigenvalue weighted by atomic mass is 19.4. The summed E-state index contributed by atoms with van der Waals surface area (Å²) < 4.78 is 65.6. The van der Waals surface area contributed by atoms with Gasteiger partial charge in [0.05, 0.1) is 0 Å². The zero-order valence-corrected chi connectivity index (χ0v) is 19.9. The Morgan fingerprint density at radius 1 is 0.758 bits per heavy atom. The predicted octanol–water partition coefficient (Wildman–Crippen LogP) is 9.98. The lowest BCUT2D eigenvalue weighted by atomic mass is 9.74. The van der Waals surface area contributed by atoms with Gasteiger partial charge in [0, 0.05) is 11.6 Å². The van der Waals surface area contributed by atoms with Crippen LogP contribution in [0.25, 0.3) is 6.08 Å². The van der Waals surface area contributed by atoms with E-state index < -0.39 is 23.4 Å².